The quantitative estimate of drug-likeness (QED) is 0.243. The second-order valence-electron chi connectivity index (χ2n) is 9.25. The van der Waals surface area contributed by atoms with Crippen molar-refractivity contribution in [3.05, 3.63) is 118 Å². The number of halogens is 1. The predicted octanol–water partition coefficient (Wildman–Crippen LogP) is 4.86. The Morgan fingerprint density at radius 2 is 1.93 bits per heavy atom. The molecule has 3 heterocycles. The first-order valence-corrected chi connectivity index (χ1v) is 13.8. The number of nitrogens with one attached hydrogen (secondary N) is 2. The van der Waals surface area contributed by atoms with E-state index in [1.807, 2.05) is 12.5 Å². The average molecular weight is 564 g/mol. The minimum Gasteiger partial charge on any atom is -0.445 e. The largest absolute Gasteiger partial charge is 0.445 e. The van der Waals surface area contributed by atoms with E-state index in [9.17, 15) is 22.4 Å². The number of hydrogen-bond acceptors (Lipinski definition) is 7. The minimum atomic E-state index is -4.23. The lowest BCUT2D eigenvalue weighted by molar-refractivity contribution is -0.140. The van der Waals surface area contributed by atoms with Gasteiger partial charge in [0.1, 0.15) is 10.7 Å². The van der Waals surface area contributed by atoms with Gasteiger partial charge in [0, 0.05) is 41.5 Å². The Kier molecular flexibility index (Phi) is 6.22. The van der Waals surface area contributed by atoms with E-state index in [-0.39, 0.29) is 39.4 Å². The number of aromatic nitrogens is 1. The summed E-state index contributed by atoms with van der Waals surface area (Å²) in [5, 5.41) is 5.85. The van der Waals surface area contributed by atoms with E-state index in [1.165, 1.54) is 19.1 Å². The number of rotatable bonds is 7. The maximum atomic E-state index is 14.6. The van der Waals surface area contributed by atoms with Crippen LogP contribution in [0.15, 0.2) is 87.0 Å². The molecule has 1 aliphatic heterocycles. The van der Waals surface area contributed by atoms with Gasteiger partial charge < -0.3 is 19.8 Å². The molecule has 0 amide bonds. The molecule has 0 bridgehead atoms. The summed E-state index contributed by atoms with van der Waals surface area (Å²) in [4.78, 5) is 25.1. The third-order valence-corrected chi connectivity index (χ3v) is 7.91. The SMILES string of the molecule is CC(=O)OCNc1ccc2c(c1)S(=O)(=O)N=C(c1c(C3=C[CH]3)n3ccccc3c(Cc3ccccc3F)c1=O)N2.[HH].[HH].[HH]. The van der Waals surface area contributed by atoms with Crippen LogP contribution in [0.1, 0.15) is 33.6 Å². The van der Waals surface area contributed by atoms with Gasteiger partial charge in [-0.05, 0) is 47.5 Å². The Morgan fingerprint density at radius 3 is 2.67 bits per heavy atom. The number of fused-ring (bicyclic) bond motifs is 2. The van der Waals surface area contributed by atoms with Gasteiger partial charge in [-0.15, -0.1) is 4.40 Å². The number of anilines is 2. The van der Waals surface area contributed by atoms with Gasteiger partial charge in [-0.25, -0.2) is 4.39 Å². The van der Waals surface area contributed by atoms with Crippen LogP contribution in [0.25, 0.3) is 11.1 Å². The predicted molar refractivity (Wildman–Crippen MR) is 156 cm³/mol. The maximum Gasteiger partial charge on any atom is 0.304 e. The van der Waals surface area contributed by atoms with E-state index >= 15 is 0 Å². The van der Waals surface area contributed by atoms with Crippen molar-refractivity contribution in [3.63, 3.8) is 0 Å². The third kappa shape index (κ3) is 4.64. The Labute approximate surface area is 233 Å². The second kappa shape index (κ2) is 9.76. The number of amidine groups is 1. The van der Waals surface area contributed by atoms with Crippen LogP contribution >= 0.6 is 0 Å². The fraction of sp³-hybridized carbons (Fsp3) is 0.103. The number of sulfonamides is 1. The summed E-state index contributed by atoms with van der Waals surface area (Å²) in [6.45, 7) is 1.13. The Bertz CT molecular complexity index is 1960. The van der Waals surface area contributed by atoms with Crippen molar-refractivity contribution in [2.24, 2.45) is 4.40 Å². The molecule has 6 rings (SSSR count). The standard InChI is InChI=1S/C29H22FN4O5S.3H2/c1-17(35)39-16-31-20-11-12-23-25(15-20)40(37,38)33-29(32-23)26-27(18-9-10-18)34-13-5-4-8-24(34)21(28(26)36)14-19-6-2-3-7-22(19)30;;;/h2-13,15,31H,14,16H2,1H3,(H,32,33);3*1H. The van der Waals surface area contributed by atoms with Crippen LogP contribution < -0.4 is 16.1 Å². The van der Waals surface area contributed by atoms with E-state index in [0.717, 1.165) is 5.57 Å². The number of allylic oxidation sites excluding steroid dienone is 2. The molecule has 0 fully saturated rings. The van der Waals surface area contributed by atoms with Gasteiger partial charge >= 0.3 is 5.97 Å². The first-order chi connectivity index (χ1) is 19.2. The molecule has 2 N–H and O–H groups in total. The first kappa shape index (κ1) is 25.5. The topological polar surface area (TPSA) is 118 Å². The molecule has 207 valence electrons. The molecule has 0 saturated heterocycles. The van der Waals surface area contributed by atoms with Gasteiger partial charge in [0.25, 0.3) is 10.0 Å². The lowest BCUT2D eigenvalue weighted by Crippen LogP contribution is -2.32. The monoisotopic (exact) mass is 563 g/mol. The lowest BCUT2D eigenvalue weighted by Gasteiger charge is -2.22. The van der Waals surface area contributed by atoms with Crippen molar-refractivity contribution in [2.45, 2.75) is 18.2 Å². The van der Waals surface area contributed by atoms with Gasteiger partial charge in [-0.3, -0.25) is 9.59 Å². The number of esters is 1. The summed E-state index contributed by atoms with van der Waals surface area (Å²) in [5.41, 5.74) is 2.73. The molecule has 2 aliphatic rings. The number of pyridine rings is 2. The average Bonchev–Trinajstić information content (AvgIpc) is 3.76. The minimum absolute atomic E-state index is 0. The highest BCUT2D eigenvalue weighted by Crippen LogP contribution is 2.36. The molecule has 0 unspecified atom stereocenters. The highest BCUT2D eigenvalue weighted by molar-refractivity contribution is 7.90. The molecule has 2 aromatic carbocycles. The van der Waals surface area contributed by atoms with Crippen LogP contribution in [-0.2, 0) is 26.0 Å². The van der Waals surface area contributed by atoms with Crippen molar-refractivity contribution in [2.75, 3.05) is 17.4 Å². The molecular formula is C29H28FN4O5S. The summed E-state index contributed by atoms with van der Waals surface area (Å²) < 4.78 is 52.0. The second-order valence-corrected chi connectivity index (χ2v) is 10.8. The molecule has 9 nitrogen and oxygen atoms in total. The van der Waals surface area contributed by atoms with Gasteiger partial charge in [0.2, 0.25) is 0 Å². The van der Waals surface area contributed by atoms with Gasteiger partial charge in [-0.2, -0.15) is 8.42 Å². The summed E-state index contributed by atoms with van der Waals surface area (Å²) in [6, 6.07) is 16.1. The van der Waals surface area contributed by atoms with Crippen molar-refractivity contribution >= 4 is 44.3 Å². The van der Waals surface area contributed by atoms with E-state index < -0.39 is 27.2 Å². The van der Waals surface area contributed by atoms with Crippen molar-refractivity contribution in [1.82, 2.24) is 4.40 Å². The Balaban J connectivity index is 0.00000169. The Hall–Kier alpha value is -4.77. The number of ether oxygens (including phenoxy) is 1. The fourth-order valence-electron chi connectivity index (χ4n) is 4.68. The zero-order valence-corrected chi connectivity index (χ0v) is 22.0. The highest BCUT2D eigenvalue weighted by Gasteiger charge is 2.32. The summed E-state index contributed by atoms with van der Waals surface area (Å²) in [7, 11) is -4.23. The molecule has 40 heavy (non-hydrogen) atoms. The van der Waals surface area contributed by atoms with Crippen LogP contribution in [0.3, 0.4) is 0 Å². The molecular weight excluding hydrogens is 535 g/mol. The fourth-order valence-corrected chi connectivity index (χ4v) is 5.83. The summed E-state index contributed by atoms with van der Waals surface area (Å²) in [5.74, 6) is -1.05. The Morgan fingerprint density at radius 1 is 1.15 bits per heavy atom. The number of carbonyl (C=O) groups is 1. The summed E-state index contributed by atoms with van der Waals surface area (Å²) in [6.07, 6.45) is 5.42. The lowest BCUT2D eigenvalue weighted by atomic mass is 9.98. The molecule has 11 heteroatoms. The molecule has 0 saturated carbocycles. The highest BCUT2D eigenvalue weighted by atomic mass is 32.2. The zero-order valence-electron chi connectivity index (χ0n) is 21.1. The number of nitrogens with zero attached hydrogens (tertiary/aromatic N) is 2. The van der Waals surface area contributed by atoms with Crippen LogP contribution in [0.5, 0.6) is 0 Å². The van der Waals surface area contributed by atoms with Gasteiger partial charge in [-0.1, -0.05) is 30.3 Å². The first-order valence-electron chi connectivity index (χ1n) is 12.3. The maximum absolute atomic E-state index is 14.6. The number of benzene rings is 2. The molecule has 2 aromatic heterocycles. The smallest absolute Gasteiger partial charge is 0.304 e. The van der Waals surface area contributed by atoms with Gasteiger partial charge in [0.15, 0.2) is 18.0 Å². The van der Waals surface area contributed by atoms with Crippen LogP contribution in [0.4, 0.5) is 15.8 Å². The zero-order chi connectivity index (χ0) is 28.0. The molecule has 1 radical (unpaired) electrons. The van der Waals surface area contributed by atoms with Gasteiger partial charge in [0.05, 0.1) is 22.5 Å². The normalized spacial score (nSPS) is 14.9. The van der Waals surface area contributed by atoms with Crippen LogP contribution in [-0.4, -0.2) is 31.4 Å². The number of hydrogen-bond donors (Lipinski definition) is 2. The molecule has 0 atom stereocenters. The number of carbonyl (C=O) groups excluding carboxylic acids is 1. The molecule has 4 aromatic rings. The third-order valence-electron chi connectivity index (χ3n) is 6.59. The van der Waals surface area contributed by atoms with E-state index in [1.54, 1.807) is 59.1 Å². The summed E-state index contributed by atoms with van der Waals surface area (Å²) >= 11 is 0. The van der Waals surface area contributed by atoms with E-state index in [0.29, 0.717) is 28.0 Å². The van der Waals surface area contributed by atoms with Crippen molar-refractivity contribution in [3.8, 4) is 0 Å². The molecule has 1 aliphatic carbocycles. The molecule has 0 spiro atoms. The van der Waals surface area contributed by atoms with Crippen molar-refractivity contribution < 1.29 is 26.6 Å². The van der Waals surface area contributed by atoms with Crippen LogP contribution in [0, 0.1) is 12.2 Å². The van der Waals surface area contributed by atoms with Crippen LogP contribution in [0.2, 0.25) is 0 Å². The van der Waals surface area contributed by atoms with E-state index in [4.69, 9.17) is 4.74 Å². The van der Waals surface area contributed by atoms with E-state index in [2.05, 4.69) is 15.0 Å². The van der Waals surface area contributed by atoms with Crippen molar-refractivity contribution in [1.29, 1.82) is 0 Å².